The van der Waals surface area contributed by atoms with Crippen LogP contribution in [0.1, 0.15) is 22.8 Å². The van der Waals surface area contributed by atoms with Gasteiger partial charge >= 0.3 is 6.18 Å². The van der Waals surface area contributed by atoms with E-state index in [4.69, 9.17) is 16.3 Å². The Labute approximate surface area is 130 Å². The van der Waals surface area contributed by atoms with E-state index in [1.54, 1.807) is 24.3 Å². The van der Waals surface area contributed by atoms with E-state index in [1.807, 2.05) is 6.92 Å². The molecule has 1 unspecified atom stereocenters. The second kappa shape index (κ2) is 6.40. The smallest absolute Gasteiger partial charge is 0.416 e. The van der Waals surface area contributed by atoms with Crippen molar-refractivity contribution in [2.24, 2.45) is 0 Å². The van der Waals surface area contributed by atoms with Crippen LogP contribution in [0.15, 0.2) is 48.5 Å². The van der Waals surface area contributed by atoms with Gasteiger partial charge in [0.2, 0.25) is 0 Å². The predicted molar refractivity (Wildman–Crippen MR) is 76.9 cm³/mol. The van der Waals surface area contributed by atoms with Gasteiger partial charge in [-0.1, -0.05) is 35.9 Å². The fourth-order valence-corrected chi connectivity index (χ4v) is 2.04. The van der Waals surface area contributed by atoms with Crippen molar-refractivity contribution in [3.8, 4) is 5.75 Å². The van der Waals surface area contributed by atoms with Crippen LogP contribution in [0.4, 0.5) is 13.2 Å². The van der Waals surface area contributed by atoms with Gasteiger partial charge in [-0.15, -0.1) is 0 Å². The first-order valence-electron chi connectivity index (χ1n) is 6.37. The maximum atomic E-state index is 12.7. The van der Waals surface area contributed by atoms with E-state index in [-0.39, 0.29) is 5.75 Å². The van der Waals surface area contributed by atoms with Crippen LogP contribution < -0.4 is 4.74 Å². The summed E-state index contributed by atoms with van der Waals surface area (Å²) in [5, 5.41) is -0.804. The Balaban J connectivity index is 2.29. The SMILES string of the molecule is Cc1ccc(C(Oc2cccc(C(F)(F)F)c2)C(=O)Cl)cc1. The van der Waals surface area contributed by atoms with Crippen molar-refractivity contribution in [2.75, 3.05) is 0 Å². The van der Waals surface area contributed by atoms with E-state index in [0.717, 1.165) is 17.7 Å². The molecule has 0 bridgehead atoms. The first-order chi connectivity index (χ1) is 10.3. The Morgan fingerprint density at radius 3 is 2.32 bits per heavy atom. The molecule has 116 valence electrons. The average Bonchev–Trinajstić information content (AvgIpc) is 2.45. The van der Waals surface area contributed by atoms with Crippen LogP contribution in [0.3, 0.4) is 0 Å². The van der Waals surface area contributed by atoms with Gasteiger partial charge in [0.05, 0.1) is 5.56 Å². The van der Waals surface area contributed by atoms with E-state index in [1.165, 1.54) is 12.1 Å². The molecule has 0 N–H and O–H groups in total. The van der Waals surface area contributed by atoms with E-state index in [0.29, 0.717) is 5.56 Å². The molecule has 0 aliphatic carbocycles. The summed E-state index contributed by atoms with van der Waals surface area (Å²) in [7, 11) is 0. The number of carbonyl (C=O) groups is 1. The molecular formula is C16H12ClF3O2. The highest BCUT2D eigenvalue weighted by atomic mass is 35.5. The number of hydrogen-bond donors (Lipinski definition) is 0. The van der Waals surface area contributed by atoms with Gasteiger partial charge in [-0.05, 0) is 36.7 Å². The molecule has 2 aromatic rings. The number of rotatable bonds is 4. The summed E-state index contributed by atoms with van der Waals surface area (Å²) in [6.07, 6.45) is -5.64. The highest BCUT2D eigenvalue weighted by molar-refractivity contribution is 6.64. The summed E-state index contributed by atoms with van der Waals surface area (Å²) in [6, 6.07) is 11.1. The molecule has 0 aliphatic rings. The van der Waals surface area contributed by atoms with Gasteiger partial charge in [-0.3, -0.25) is 4.79 Å². The van der Waals surface area contributed by atoms with E-state index < -0.39 is 23.1 Å². The monoisotopic (exact) mass is 328 g/mol. The molecule has 2 rings (SSSR count). The van der Waals surface area contributed by atoms with Gasteiger partial charge in [0, 0.05) is 5.56 Å². The second-order valence-electron chi connectivity index (χ2n) is 4.74. The lowest BCUT2D eigenvalue weighted by Crippen LogP contribution is -2.15. The van der Waals surface area contributed by atoms with Crippen LogP contribution in [-0.2, 0) is 11.0 Å². The van der Waals surface area contributed by atoms with Crippen LogP contribution >= 0.6 is 11.6 Å². The molecule has 0 aromatic heterocycles. The maximum Gasteiger partial charge on any atom is 0.416 e. The van der Waals surface area contributed by atoms with Crippen LogP contribution in [0.5, 0.6) is 5.75 Å². The van der Waals surface area contributed by atoms with Crippen molar-refractivity contribution in [1.29, 1.82) is 0 Å². The Kier molecular flexibility index (Phi) is 4.76. The standard InChI is InChI=1S/C16H12ClF3O2/c1-10-5-7-11(8-6-10)14(15(17)21)22-13-4-2-3-12(9-13)16(18,19)20/h2-9,14H,1H3. The third kappa shape index (κ3) is 4.01. The summed E-state index contributed by atoms with van der Waals surface area (Å²) in [5.74, 6) is -0.0746. The van der Waals surface area contributed by atoms with E-state index >= 15 is 0 Å². The Morgan fingerprint density at radius 2 is 1.77 bits per heavy atom. The first-order valence-corrected chi connectivity index (χ1v) is 6.75. The second-order valence-corrected chi connectivity index (χ2v) is 5.11. The minimum absolute atomic E-state index is 0.0746. The van der Waals surface area contributed by atoms with Gasteiger partial charge in [0.1, 0.15) is 5.75 Å². The predicted octanol–water partition coefficient (Wildman–Crippen LogP) is 4.90. The fraction of sp³-hybridized carbons (Fsp3) is 0.188. The van der Waals surface area contributed by atoms with Crippen LogP contribution in [-0.4, -0.2) is 5.24 Å². The summed E-state index contributed by atoms with van der Waals surface area (Å²) in [5.41, 5.74) is 0.598. The van der Waals surface area contributed by atoms with E-state index in [2.05, 4.69) is 0 Å². The fourth-order valence-electron chi connectivity index (χ4n) is 1.87. The maximum absolute atomic E-state index is 12.7. The molecule has 22 heavy (non-hydrogen) atoms. The molecule has 0 saturated carbocycles. The lowest BCUT2D eigenvalue weighted by Gasteiger charge is -2.17. The normalized spacial score (nSPS) is 12.8. The van der Waals surface area contributed by atoms with Crippen molar-refractivity contribution < 1.29 is 22.7 Å². The first kappa shape index (κ1) is 16.4. The number of carbonyl (C=O) groups excluding carboxylic acids is 1. The lowest BCUT2D eigenvalue weighted by molar-refractivity contribution is -0.137. The van der Waals surface area contributed by atoms with Crippen molar-refractivity contribution in [1.82, 2.24) is 0 Å². The minimum atomic E-state index is -4.48. The third-order valence-corrected chi connectivity index (χ3v) is 3.20. The zero-order valence-electron chi connectivity index (χ0n) is 11.5. The molecule has 0 heterocycles. The van der Waals surface area contributed by atoms with Crippen LogP contribution in [0.25, 0.3) is 0 Å². The Morgan fingerprint density at radius 1 is 1.14 bits per heavy atom. The highest BCUT2D eigenvalue weighted by Gasteiger charge is 2.31. The van der Waals surface area contributed by atoms with Crippen LogP contribution in [0, 0.1) is 6.92 Å². The van der Waals surface area contributed by atoms with Gasteiger partial charge in [-0.2, -0.15) is 13.2 Å². The number of aryl methyl sites for hydroxylation is 1. The number of ether oxygens (including phenoxy) is 1. The third-order valence-electron chi connectivity index (χ3n) is 3.00. The molecule has 2 aromatic carbocycles. The quantitative estimate of drug-likeness (QED) is 0.746. The molecule has 0 spiro atoms. The molecule has 6 heteroatoms. The number of alkyl halides is 3. The summed E-state index contributed by atoms with van der Waals surface area (Å²) in [6.45, 7) is 1.87. The molecular weight excluding hydrogens is 317 g/mol. The Hall–Kier alpha value is -2.01. The van der Waals surface area contributed by atoms with Gasteiger partial charge < -0.3 is 4.74 Å². The van der Waals surface area contributed by atoms with Crippen molar-refractivity contribution in [2.45, 2.75) is 19.2 Å². The molecule has 2 nitrogen and oxygen atoms in total. The van der Waals surface area contributed by atoms with Crippen LogP contribution in [0.2, 0.25) is 0 Å². The average molecular weight is 329 g/mol. The van der Waals surface area contributed by atoms with Crippen molar-refractivity contribution in [3.05, 3.63) is 65.2 Å². The topological polar surface area (TPSA) is 26.3 Å². The van der Waals surface area contributed by atoms with Crippen molar-refractivity contribution >= 4 is 16.8 Å². The number of hydrogen-bond acceptors (Lipinski definition) is 2. The lowest BCUT2D eigenvalue weighted by atomic mass is 10.1. The minimum Gasteiger partial charge on any atom is -0.476 e. The van der Waals surface area contributed by atoms with E-state index in [9.17, 15) is 18.0 Å². The summed E-state index contributed by atoms with van der Waals surface area (Å²) in [4.78, 5) is 11.5. The summed E-state index contributed by atoms with van der Waals surface area (Å²) < 4.78 is 43.4. The molecule has 1 atom stereocenters. The molecule has 0 saturated heterocycles. The summed E-state index contributed by atoms with van der Waals surface area (Å²) >= 11 is 5.51. The zero-order valence-corrected chi connectivity index (χ0v) is 12.3. The van der Waals surface area contributed by atoms with Crippen molar-refractivity contribution in [3.63, 3.8) is 0 Å². The molecule has 0 amide bonds. The number of halogens is 4. The molecule has 0 fully saturated rings. The highest BCUT2D eigenvalue weighted by Crippen LogP contribution is 2.33. The largest absolute Gasteiger partial charge is 0.476 e. The molecule has 0 aliphatic heterocycles. The van der Waals surface area contributed by atoms with Gasteiger partial charge in [0.25, 0.3) is 5.24 Å². The van der Waals surface area contributed by atoms with Gasteiger partial charge in [-0.25, -0.2) is 0 Å². The molecule has 0 radical (unpaired) electrons. The zero-order chi connectivity index (χ0) is 16.3. The number of benzene rings is 2. The van der Waals surface area contributed by atoms with Gasteiger partial charge in [0.15, 0.2) is 6.10 Å². The Bertz CT molecular complexity index is 666.